The average molecular weight is 528 g/mol. The van der Waals surface area contributed by atoms with Crippen molar-refractivity contribution in [3.63, 3.8) is 0 Å². The minimum atomic E-state index is -0.494. The molecule has 29 heavy (non-hydrogen) atoms. The summed E-state index contributed by atoms with van der Waals surface area (Å²) in [5.41, 5.74) is -0.899. The molecule has 176 valence electrons. The van der Waals surface area contributed by atoms with E-state index in [9.17, 15) is 4.79 Å². The van der Waals surface area contributed by atoms with Gasteiger partial charge in [0.15, 0.2) is 0 Å². The summed E-state index contributed by atoms with van der Waals surface area (Å²) in [6, 6.07) is 0. The zero-order valence-electron chi connectivity index (χ0n) is 21.7. The smallest absolute Gasteiger partial charge is 0.225 e. The lowest BCUT2D eigenvalue weighted by Gasteiger charge is -2.44. The number of alkyl halides is 1. The van der Waals surface area contributed by atoms with Crippen LogP contribution < -0.4 is 0 Å². The van der Waals surface area contributed by atoms with Crippen LogP contribution in [-0.4, -0.2) is 51.2 Å². The molecular weight excluding hydrogens is 477 g/mol. The Hall–Kier alpha value is 0.120. The fourth-order valence-corrected chi connectivity index (χ4v) is 4.30. The molecule has 0 radical (unpaired) electrons. The van der Waals surface area contributed by atoms with Crippen molar-refractivity contribution >= 4 is 28.5 Å². The molecule has 0 bridgehead atoms. The molecule has 0 fully saturated rings. The maximum absolute atomic E-state index is 13.3. The Kier molecular flexibility index (Phi) is 13.9. The lowest BCUT2D eigenvalue weighted by Crippen LogP contribution is -2.53. The van der Waals surface area contributed by atoms with Crippen LogP contribution >= 0.6 is 22.6 Å². The number of amides is 1. The standard InChI is InChI=1S/C22H44INO3.C2H6/c1-17(2)15-24(20(5,6)16-19(3,4)23)18(25)14-22(9,10)27-13-12-21(7,8)26-11;1-2/h17H,12-16H2,1-11H3;1-2H3. The largest absolute Gasteiger partial charge is 0.379 e. The van der Waals surface area contributed by atoms with Gasteiger partial charge in [-0.3, -0.25) is 4.79 Å². The number of rotatable bonds is 12. The van der Waals surface area contributed by atoms with E-state index in [2.05, 4.69) is 69.0 Å². The van der Waals surface area contributed by atoms with Crippen molar-refractivity contribution in [1.82, 2.24) is 4.90 Å². The summed E-state index contributed by atoms with van der Waals surface area (Å²) < 4.78 is 11.7. The molecule has 5 heteroatoms. The van der Waals surface area contributed by atoms with E-state index in [0.717, 1.165) is 19.4 Å². The van der Waals surface area contributed by atoms with Gasteiger partial charge >= 0.3 is 0 Å². The Bertz CT molecular complexity index is 465. The van der Waals surface area contributed by atoms with E-state index in [1.807, 2.05) is 41.5 Å². The number of methoxy groups -OCH3 is 1. The molecule has 0 heterocycles. The summed E-state index contributed by atoms with van der Waals surface area (Å²) in [6.45, 7) is 26.6. The first-order valence-electron chi connectivity index (χ1n) is 11.1. The first-order valence-corrected chi connectivity index (χ1v) is 12.2. The highest BCUT2D eigenvalue weighted by Crippen LogP contribution is 2.33. The summed E-state index contributed by atoms with van der Waals surface area (Å²) in [6.07, 6.45) is 2.13. The third-order valence-electron chi connectivity index (χ3n) is 4.76. The number of halogens is 1. The van der Waals surface area contributed by atoms with Crippen molar-refractivity contribution < 1.29 is 14.3 Å². The van der Waals surface area contributed by atoms with Gasteiger partial charge in [0, 0.05) is 22.6 Å². The van der Waals surface area contributed by atoms with Gasteiger partial charge in [-0.05, 0) is 60.3 Å². The summed E-state index contributed by atoms with van der Waals surface area (Å²) >= 11 is 2.48. The van der Waals surface area contributed by atoms with E-state index in [4.69, 9.17) is 9.47 Å². The Balaban J connectivity index is 0. The molecule has 0 rings (SSSR count). The topological polar surface area (TPSA) is 38.8 Å². The lowest BCUT2D eigenvalue weighted by atomic mass is 9.89. The maximum atomic E-state index is 13.3. The normalized spacial score (nSPS) is 13.2. The SMILES string of the molecule is CC.COC(C)(C)CCOC(C)(C)CC(=O)N(CC(C)C)C(C)(C)CC(C)(C)I. The van der Waals surface area contributed by atoms with Crippen molar-refractivity contribution in [2.24, 2.45) is 5.92 Å². The number of carbonyl (C=O) groups excluding carboxylic acids is 1. The molecule has 0 aliphatic rings. The van der Waals surface area contributed by atoms with Crippen molar-refractivity contribution in [1.29, 1.82) is 0 Å². The second-order valence-corrected chi connectivity index (χ2v) is 13.5. The summed E-state index contributed by atoms with van der Waals surface area (Å²) in [4.78, 5) is 15.3. The molecule has 0 spiro atoms. The molecular formula is C24H50INO3. The van der Waals surface area contributed by atoms with E-state index < -0.39 is 5.60 Å². The fourth-order valence-electron chi connectivity index (χ4n) is 3.36. The van der Waals surface area contributed by atoms with Crippen molar-refractivity contribution in [3.05, 3.63) is 0 Å². The Morgan fingerprint density at radius 3 is 1.83 bits per heavy atom. The highest BCUT2D eigenvalue weighted by molar-refractivity contribution is 14.1. The minimum Gasteiger partial charge on any atom is -0.379 e. The highest BCUT2D eigenvalue weighted by Gasteiger charge is 2.37. The van der Waals surface area contributed by atoms with E-state index >= 15 is 0 Å². The highest BCUT2D eigenvalue weighted by atomic mass is 127. The number of ether oxygens (including phenoxy) is 2. The van der Waals surface area contributed by atoms with Gasteiger partial charge in [0.25, 0.3) is 0 Å². The van der Waals surface area contributed by atoms with Crippen molar-refractivity contribution in [2.75, 3.05) is 20.3 Å². The van der Waals surface area contributed by atoms with Crippen molar-refractivity contribution in [2.45, 2.75) is 123 Å². The van der Waals surface area contributed by atoms with Gasteiger partial charge in [-0.2, -0.15) is 0 Å². The van der Waals surface area contributed by atoms with Crippen LogP contribution in [0.3, 0.4) is 0 Å². The molecule has 0 aliphatic carbocycles. The maximum Gasteiger partial charge on any atom is 0.225 e. The van der Waals surface area contributed by atoms with Gasteiger partial charge < -0.3 is 14.4 Å². The molecule has 0 unspecified atom stereocenters. The third kappa shape index (κ3) is 14.7. The Morgan fingerprint density at radius 2 is 1.45 bits per heavy atom. The monoisotopic (exact) mass is 527 g/mol. The second-order valence-electron chi connectivity index (χ2n) is 10.6. The molecule has 0 saturated heterocycles. The van der Waals surface area contributed by atoms with Gasteiger partial charge in [0.05, 0.1) is 24.2 Å². The molecule has 0 aromatic heterocycles. The number of carbonyl (C=O) groups is 1. The summed E-state index contributed by atoms with van der Waals surface area (Å²) in [5, 5.41) is 0. The van der Waals surface area contributed by atoms with Crippen LogP contribution in [0.1, 0.15) is 102 Å². The van der Waals surface area contributed by atoms with Gasteiger partial charge in [-0.1, -0.05) is 64.1 Å². The zero-order chi connectivity index (χ0) is 23.7. The van der Waals surface area contributed by atoms with Crippen LogP contribution in [0.15, 0.2) is 0 Å². The average Bonchev–Trinajstić information content (AvgIpc) is 2.51. The molecule has 0 atom stereocenters. The third-order valence-corrected chi connectivity index (χ3v) is 5.14. The van der Waals surface area contributed by atoms with E-state index in [-0.39, 0.29) is 20.5 Å². The number of hydrogen-bond acceptors (Lipinski definition) is 3. The molecule has 0 aromatic rings. The lowest BCUT2D eigenvalue weighted by molar-refractivity contribution is -0.145. The van der Waals surface area contributed by atoms with E-state index in [0.29, 0.717) is 18.9 Å². The van der Waals surface area contributed by atoms with Gasteiger partial charge in [0.2, 0.25) is 5.91 Å². The van der Waals surface area contributed by atoms with Gasteiger partial charge in [-0.15, -0.1) is 0 Å². The molecule has 4 nitrogen and oxygen atoms in total. The molecule has 0 N–H and O–H groups in total. The van der Waals surface area contributed by atoms with Crippen LogP contribution in [0.2, 0.25) is 0 Å². The van der Waals surface area contributed by atoms with E-state index in [1.165, 1.54) is 0 Å². The van der Waals surface area contributed by atoms with Gasteiger partial charge in [0.1, 0.15) is 0 Å². The summed E-state index contributed by atoms with van der Waals surface area (Å²) in [7, 11) is 1.72. The predicted octanol–water partition coefficient (Wildman–Crippen LogP) is 6.88. The quantitative estimate of drug-likeness (QED) is 0.205. The molecule has 0 aliphatic heterocycles. The molecule has 0 saturated carbocycles. The Labute approximate surface area is 196 Å². The second kappa shape index (κ2) is 12.8. The molecule has 0 aromatic carbocycles. The van der Waals surface area contributed by atoms with Crippen LogP contribution in [-0.2, 0) is 14.3 Å². The first-order chi connectivity index (χ1) is 12.9. The van der Waals surface area contributed by atoms with Crippen LogP contribution in [0, 0.1) is 5.92 Å². The predicted molar refractivity (Wildman–Crippen MR) is 135 cm³/mol. The van der Waals surface area contributed by atoms with Crippen molar-refractivity contribution in [3.8, 4) is 0 Å². The fraction of sp³-hybridized carbons (Fsp3) is 0.958. The zero-order valence-corrected chi connectivity index (χ0v) is 23.8. The van der Waals surface area contributed by atoms with Crippen LogP contribution in [0.25, 0.3) is 0 Å². The molecule has 1 amide bonds. The first kappa shape index (κ1) is 31.3. The van der Waals surface area contributed by atoms with E-state index in [1.54, 1.807) is 7.11 Å². The Morgan fingerprint density at radius 1 is 0.966 bits per heavy atom. The number of hydrogen-bond donors (Lipinski definition) is 0. The summed E-state index contributed by atoms with van der Waals surface area (Å²) in [5.74, 6) is 0.599. The van der Waals surface area contributed by atoms with Crippen LogP contribution in [0.4, 0.5) is 0 Å². The minimum absolute atomic E-state index is 0.133. The van der Waals surface area contributed by atoms with Gasteiger partial charge in [-0.25, -0.2) is 0 Å². The van der Waals surface area contributed by atoms with Crippen LogP contribution in [0.5, 0.6) is 0 Å². The number of nitrogens with zero attached hydrogens (tertiary/aromatic N) is 1.